The monoisotopic (exact) mass is 311 g/mol. The Balaban J connectivity index is 2.26. The molecule has 0 spiro atoms. The minimum atomic E-state index is -0.409. The highest BCUT2D eigenvalue weighted by Gasteiger charge is 2.14. The number of carbonyl (C=O) groups is 1. The molecular weight excluding hydrogens is 301 g/mol. The van der Waals surface area contributed by atoms with Gasteiger partial charge in [0.25, 0.3) is 5.91 Å². The van der Waals surface area contributed by atoms with Crippen molar-refractivity contribution >= 4 is 27.5 Å². The lowest BCUT2D eigenvalue weighted by molar-refractivity contribution is 0.102. The summed E-state index contributed by atoms with van der Waals surface area (Å²) in [6, 6.07) is 5.76. The van der Waals surface area contributed by atoms with E-state index in [9.17, 15) is 9.18 Å². The lowest BCUT2D eigenvalue weighted by atomic mass is 10.2. The van der Waals surface area contributed by atoms with Gasteiger partial charge in [0, 0.05) is 4.47 Å². The molecular formula is C13H11BrFNO2. The van der Waals surface area contributed by atoms with Crippen molar-refractivity contribution in [2.75, 3.05) is 5.32 Å². The number of furan rings is 1. The van der Waals surface area contributed by atoms with E-state index in [0.717, 1.165) is 0 Å². The second-order valence-electron chi connectivity index (χ2n) is 3.91. The Morgan fingerprint density at radius 1 is 1.33 bits per heavy atom. The second kappa shape index (κ2) is 4.94. The third-order valence-corrected chi connectivity index (χ3v) is 3.15. The maximum atomic E-state index is 13.1. The number of hydrogen-bond donors (Lipinski definition) is 1. The first-order valence-corrected chi connectivity index (χ1v) is 6.10. The summed E-state index contributed by atoms with van der Waals surface area (Å²) in [6.45, 7) is 3.48. The van der Waals surface area contributed by atoms with Crippen molar-refractivity contribution in [2.45, 2.75) is 13.8 Å². The van der Waals surface area contributed by atoms with Crippen LogP contribution in [0.25, 0.3) is 0 Å². The van der Waals surface area contributed by atoms with E-state index in [0.29, 0.717) is 27.2 Å². The van der Waals surface area contributed by atoms with Crippen molar-refractivity contribution < 1.29 is 13.6 Å². The van der Waals surface area contributed by atoms with Gasteiger partial charge in [-0.25, -0.2) is 4.39 Å². The highest BCUT2D eigenvalue weighted by Crippen LogP contribution is 2.24. The second-order valence-corrected chi connectivity index (χ2v) is 4.76. The number of benzene rings is 1. The minimum absolute atomic E-state index is 0.323. The van der Waals surface area contributed by atoms with Crippen LogP contribution in [0.3, 0.4) is 0 Å². The Bertz CT molecular complexity index is 607. The van der Waals surface area contributed by atoms with E-state index in [1.807, 2.05) is 0 Å². The average molecular weight is 312 g/mol. The molecule has 0 aliphatic carbocycles. The molecule has 1 N–H and O–H groups in total. The zero-order valence-corrected chi connectivity index (χ0v) is 11.5. The van der Waals surface area contributed by atoms with Crippen LogP contribution in [0.4, 0.5) is 10.1 Å². The first-order valence-electron chi connectivity index (χ1n) is 5.31. The van der Waals surface area contributed by atoms with E-state index in [1.165, 1.54) is 12.1 Å². The summed E-state index contributed by atoms with van der Waals surface area (Å²) in [6.07, 6.45) is 0. The van der Waals surface area contributed by atoms with Gasteiger partial charge in [-0.15, -0.1) is 0 Å². The summed E-state index contributed by atoms with van der Waals surface area (Å²) in [5.74, 6) is 0.470. The molecule has 1 aromatic carbocycles. The van der Waals surface area contributed by atoms with Crippen LogP contribution in [0.15, 0.2) is 33.2 Å². The molecule has 1 aromatic heterocycles. The number of anilines is 1. The maximum absolute atomic E-state index is 13.1. The van der Waals surface area contributed by atoms with Crippen molar-refractivity contribution in [1.82, 2.24) is 0 Å². The largest absolute Gasteiger partial charge is 0.466 e. The summed E-state index contributed by atoms with van der Waals surface area (Å²) >= 11 is 3.25. The van der Waals surface area contributed by atoms with Gasteiger partial charge in [0.1, 0.15) is 17.3 Å². The van der Waals surface area contributed by atoms with Crippen LogP contribution >= 0.6 is 15.9 Å². The summed E-state index contributed by atoms with van der Waals surface area (Å²) in [7, 11) is 0. The molecule has 0 saturated heterocycles. The summed E-state index contributed by atoms with van der Waals surface area (Å²) < 4.78 is 19.0. The lowest BCUT2D eigenvalue weighted by Gasteiger charge is -2.06. The minimum Gasteiger partial charge on any atom is -0.466 e. The van der Waals surface area contributed by atoms with Gasteiger partial charge in [-0.1, -0.05) is 0 Å². The summed E-state index contributed by atoms with van der Waals surface area (Å²) in [5, 5.41) is 2.64. The predicted octanol–water partition coefficient (Wildman–Crippen LogP) is 4.05. The number of amides is 1. The number of nitrogens with one attached hydrogen (secondary N) is 1. The molecule has 0 aliphatic heterocycles. The van der Waals surface area contributed by atoms with Gasteiger partial charge in [0.15, 0.2) is 0 Å². The quantitative estimate of drug-likeness (QED) is 0.909. The number of hydrogen-bond acceptors (Lipinski definition) is 2. The molecule has 0 aliphatic rings. The third kappa shape index (κ3) is 2.61. The molecule has 2 rings (SSSR count). The third-order valence-electron chi connectivity index (χ3n) is 2.46. The molecule has 0 fully saturated rings. The molecule has 0 saturated carbocycles. The molecule has 1 amide bonds. The Labute approximate surface area is 112 Å². The van der Waals surface area contributed by atoms with E-state index in [4.69, 9.17) is 4.42 Å². The Morgan fingerprint density at radius 2 is 2.06 bits per heavy atom. The summed E-state index contributed by atoms with van der Waals surface area (Å²) in [5.41, 5.74) is 0.835. The Morgan fingerprint density at radius 3 is 2.67 bits per heavy atom. The average Bonchev–Trinajstić information content (AvgIpc) is 2.63. The number of carbonyl (C=O) groups excluding carboxylic acids is 1. The predicted molar refractivity (Wildman–Crippen MR) is 70.2 cm³/mol. The molecule has 2 aromatic rings. The van der Waals surface area contributed by atoms with Crippen LogP contribution in [0.1, 0.15) is 21.9 Å². The zero-order chi connectivity index (χ0) is 13.3. The van der Waals surface area contributed by atoms with Gasteiger partial charge in [-0.05, 0) is 54.0 Å². The van der Waals surface area contributed by atoms with E-state index < -0.39 is 5.82 Å². The Kier molecular flexibility index (Phi) is 3.52. The Hall–Kier alpha value is -1.62. The van der Waals surface area contributed by atoms with Gasteiger partial charge in [-0.2, -0.15) is 0 Å². The van der Waals surface area contributed by atoms with E-state index in [2.05, 4.69) is 21.2 Å². The fraction of sp³-hybridized carbons (Fsp3) is 0.154. The van der Waals surface area contributed by atoms with Crippen LogP contribution in [0.5, 0.6) is 0 Å². The zero-order valence-electron chi connectivity index (χ0n) is 9.88. The van der Waals surface area contributed by atoms with Crippen molar-refractivity contribution in [3.8, 4) is 0 Å². The molecule has 5 heteroatoms. The number of halogens is 2. The molecule has 3 nitrogen and oxygen atoms in total. The van der Waals surface area contributed by atoms with E-state index in [-0.39, 0.29) is 5.91 Å². The molecule has 0 bridgehead atoms. The van der Waals surface area contributed by atoms with Crippen molar-refractivity contribution in [3.63, 3.8) is 0 Å². The van der Waals surface area contributed by atoms with Gasteiger partial charge < -0.3 is 9.73 Å². The molecule has 0 radical (unpaired) electrons. The van der Waals surface area contributed by atoms with Crippen LogP contribution in [-0.2, 0) is 0 Å². The summed E-state index contributed by atoms with van der Waals surface area (Å²) in [4.78, 5) is 12.0. The van der Waals surface area contributed by atoms with Crippen molar-refractivity contribution in [1.29, 1.82) is 0 Å². The smallest absolute Gasteiger partial charge is 0.259 e. The maximum Gasteiger partial charge on any atom is 0.259 e. The van der Waals surface area contributed by atoms with Gasteiger partial charge >= 0.3 is 0 Å². The first-order chi connectivity index (χ1) is 8.47. The normalized spacial score (nSPS) is 10.4. The van der Waals surface area contributed by atoms with Gasteiger partial charge in [0.2, 0.25) is 0 Å². The highest BCUT2D eigenvalue weighted by atomic mass is 79.9. The van der Waals surface area contributed by atoms with E-state index >= 15 is 0 Å². The van der Waals surface area contributed by atoms with E-state index in [1.54, 1.807) is 26.0 Å². The van der Waals surface area contributed by atoms with Gasteiger partial charge in [0.05, 0.1) is 11.3 Å². The van der Waals surface area contributed by atoms with Crippen LogP contribution < -0.4 is 5.32 Å². The highest BCUT2D eigenvalue weighted by molar-refractivity contribution is 9.10. The van der Waals surface area contributed by atoms with Crippen LogP contribution in [0.2, 0.25) is 0 Å². The molecule has 0 unspecified atom stereocenters. The van der Waals surface area contributed by atoms with Crippen molar-refractivity contribution in [2.24, 2.45) is 0 Å². The molecule has 18 heavy (non-hydrogen) atoms. The first kappa shape index (κ1) is 12.8. The van der Waals surface area contributed by atoms with Crippen LogP contribution in [0, 0.1) is 19.7 Å². The topological polar surface area (TPSA) is 42.2 Å². The fourth-order valence-corrected chi connectivity index (χ4v) is 1.98. The van der Waals surface area contributed by atoms with Crippen molar-refractivity contribution in [3.05, 3.63) is 51.6 Å². The number of aryl methyl sites for hydroxylation is 2. The molecule has 1 heterocycles. The van der Waals surface area contributed by atoms with Crippen LogP contribution in [-0.4, -0.2) is 5.91 Å². The molecule has 0 atom stereocenters. The standard InChI is InChI=1S/C13H11BrFNO2/c1-7-5-10(8(2)18-7)13(17)16-12-6-9(15)3-4-11(12)14/h3-6H,1-2H3,(H,16,17). The lowest BCUT2D eigenvalue weighted by Crippen LogP contribution is -2.12. The van der Waals surface area contributed by atoms with Gasteiger partial charge in [-0.3, -0.25) is 4.79 Å². The fourth-order valence-electron chi connectivity index (χ4n) is 1.64. The SMILES string of the molecule is Cc1cc(C(=O)Nc2cc(F)ccc2Br)c(C)o1. The number of rotatable bonds is 2. The molecule has 94 valence electrons.